The molecule has 0 saturated heterocycles. The Kier molecular flexibility index (Phi) is 9.65. The van der Waals surface area contributed by atoms with Crippen LogP contribution in [-0.4, -0.2) is 30.8 Å². The lowest BCUT2D eigenvalue weighted by molar-refractivity contribution is -0.136. The largest absolute Gasteiger partial charge is 0.493 e. The Bertz CT molecular complexity index is 1050. The summed E-state index contributed by atoms with van der Waals surface area (Å²) >= 11 is 6.70. The number of ether oxygens (including phenoxy) is 2. The van der Waals surface area contributed by atoms with E-state index >= 15 is 0 Å². The summed E-state index contributed by atoms with van der Waals surface area (Å²) in [6.07, 6.45) is 2.64. The zero-order chi connectivity index (χ0) is 24.3. The van der Waals surface area contributed by atoms with E-state index in [1.54, 1.807) is 0 Å². The highest BCUT2D eigenvalue weighted by atomic mass is 35.5. The SMILES string of the molecule is CCCc1c(OCCCN(CC)c2ccc(CC(=O)O)cc2)ccc(Oc2ccccc2)c1Cl. The van der Waals surface area contributed by atoms with Crippen LogP contribution in [0.1, 0.15) is 37.8 Å². The van der Waals surface area contributed by atoms with Crippen molar-refractivity contribution < 1.29 is 19.4 Å². The summed E-state index contributed by atoms with van der Waals surface area (Å²) in [4.78, 5) is 13.1. The van der Waals surface area contributed by atoms with Gasteiger partial charge in [0.25, 0.3) is 0 Å². The maximum atomic E-state index is 10.9. The van der Waals surface area contributed by atoms with Crippen LogP contribution in [0.4, 0.5) is 5.69 Å². The van der Waals surface area contributed by atoms with Crippen LogP contribution in [0.15, 0.2) is 66.7 Å². The summed E-state index contributed by atoms with van der Waals surface area (Å²) in [5.41, 5.74) is 2.85. The monoisotopic (exact) mass is 481 g/mol. The minimum Gasteiger partial charge on any atom is -0.493 e. The highest BCUT2D eigenvalue weighted by Crippen LogP contribution is 2.38. The number of hydrogen-bond donors (Lipinski definition) is 1. The third-order valence-electron chi connectivity index (χ3n) is 5.50. The maximum absolute atomic E-state index is 10.9. The van der Waals surface area contributed by atoms with Crippen molar-refractivity contribution in [3.63, 3.8) is 0 Å². The molecule has 0 aliphatic heterocycles. The zero-order valence-corrected chi connectivity index (χ0v) is 20.6. The van der Waals surface area contributed by atoms with E-state index in [0.29, 0.717) is 17.4 Å². The van der Waals surface area contributed by atoms with E-state index < -0.39 is 5.97 Å². The maximum Gasteiger partial charge on any atom is 0.307 e. The van der Waals surface area contributed by atoms with E-state index in [-0.39, 0.29) is 6.42 Å². The van der Waals surface area contributed by atoms with E-state index in [9.17, 15) is 4.79 Å². The second-order valence-electron chi connectivity index (χ2n) is 8.04. The number of carboxylic acids is 1. The van der Waals surface area contributed by atoms with Crippen LogP contribution >= 0.6 is 11.6 Å². The van der Waals surface area contributed by atoms with E-state index in [0.717, 1.165) is 60.7 Å². The van der Waals surface area contributed by atoms with E-state index in [1.165, 1.54) is 0 Å². The van der Waals surface area contributed by atoms with Gasteiger partial charge in [0.1, 0.15) is 17.2 Å². The molecule has 1 N–H and O–H groups in total. The highest BCUT2D eigenvalue weighted by molar-refractivity contribution is 6.33. The van der Waals surface area contributed by atoms with Gasteiger partial charge in [0.15, 0.2) is 0 Å². The third kappa shape index (κ3) is 7.16. The molecule has 0 fully saturated rings. The van der Waals surface area contributed by atoms with Crippen molar-refractivity contribution >= 4 is 23.3 Å². The van der Waals surface area contributed by atoms with Gasteiger partial charge in [-0.05, 0) is 61.7 Å². The van der Waals surface area contributed by atoms with Gasteiger partial charge < -0.3 is 19.5 Å². The lowest BCUT2D eigenvalue weighted by Crippen LogP contribution is -2.25. The second-order valence-corrected chi connectivity index (χ2v) is 8.42. The molecule has 3 aromatic rings. The minimum atomic E-state index is -0.820. The topological polar surface area (TPSA) is 59.0 Å². The lowest BCUT2D eigenvalue weighted by Gasteiger charge is -2.23. The Morgan fingerprint density at radius 1 is 0.971 bits per heavy atom. The number of carbonyl (C=O) groups is 1. The van der Waals surface area contributed by atoms with Gasteiger partial charge in [-0.3, -0.25) is 4.79 Å². The van der Waals surface area contributed by atoms with Crippen LogP contribution in [-0.2, 0) is 17.6 Å². The van der Waals surface area contributed by atoms with Crippen LogP contribution in [0, 0.1) is 0 Å². The number of aliphatic carboxylic acids is 1. The molecule has 5 nitrogen and oxygen atoms in total. The van der Waals surface area contributed by atoms with Gasteiger partial charge in [0.05, 0.1) is 18.1 Å². The number of hydrogen-bond acceptors (Lipinski definition) is 4. The Hall–Kier alpha value is -3.18. The van der Waals surface area contributed by atoms with Crippen molar-refractivity contribution in [1.82, 2.24) is 0 Å². The van der Waals surface area contributed by atoms with Gasteiger partial charge in [-0.25, -0.2) is 0 Å². The van der Waals surface area contributed by atoms with Gasteiger partial charge in [-0.15, -0.1) is 0 Å². The van der Waals surface area contributed by atoms with Crippen LogP contribution in [0.25, 0.3) is 0 Å². The standard InChI is InChI=1S/C28H32ClNO4/c1-3-9-24-25(16-17-26(28(24)29)34-23-10-6-5-7-11-23)33-19-8-18-30(4-2)22-14-12-21(13-15-22)20-27(31)32/h5-7,10-17H,3-4,8-9,18-20H2,1-2H3,(H,31,32). The Balaban J connectivity index is 1.59. The number of anilines is 1. The number of rotatable bonds is 13. The molecule has 3 aromatic carbocycles. The van der Waals surface area contributed by atoms with Crippen molar-refractivity contribution in [3.8, 4) is 17.2 Å². The molecule has 0 amide bonds. The molecule has 180 valence electrons. The predicted molar refractivity (Wildman–Crippen MR) is 138 cm³/mol. The molecule has 34 heavy (non-hydrogen) atoms. The molecule has 0 unspecified atom stereocenters. The Morgan fingerprint density at radius 2 is 1.68 bits per heavy atom. The molecule has 0 bridgehead atoms. The molecule has 0 aromatic heterocycles. The summed E-state index contributed by atoms with van der Waals surface area (Å²) in [5, 5.41) is 9.54. The molecular formula is C28H32ClNO4. The Labute approximate surface area is 206 Å². The Morgan fingerprint density at radius 3 is 2.32 bits per heavy atom. The van der Waals surface area contributed by atoms with Crippen molar-refractivity contribution in [1.29, 1.82) is 0 Å². The average molecular weight is 482 g/mol. The van der Waals surface area contributed by atoms with Gasteiger partial charge in [0, 0.05) is 24.3 Å². The van der Waals surface area contributed by atoms with Crippen LogP contribution < -0.4 is 14.4 Å². The first-order chi connectivity index (χ1) is 16.5. The lowest BCUT2D eigenvalue weighted by atomic mass is 10.1. The summed E-state index contributed by atoms with van der Waals surface area (Å²) in [5.74, 6) is 1.36. The van der Waals surface area contributed by atoms with Crippen molar-refractivity contribution in [2.24, 2.45) is 0 Å². The molecule has 0 aliphatic carbocycles. The fourth-order valence-corrected chi connectivity index (χ4v) is 4.09. The second kappa shape index (κ2) is 12.9. The number of nitrogens with zero attached hydrogens (tertiary/aromatic N) is 1. The molecule has 6 heteroatoms. The average Bonchev–Trinajstić information content (AvgIpc) is 2.84. The normalized spacial score (nSPS) is 10.7. The van der Waals surface area contributed by atoms with E-state index in [4.69, 9.17) is 26.2 Å². The minimum absolute atomic E-state index is 0.0398. The van der Waals surface area contributed by atoms with Crippen LogP contribution in [0.2, 0.25) is 5.02 Å². The van der Waals surface area contributed by atoms with E-state index in [2.05, 4.69) is 18.7 Å². The number of para-hydroxylation sites is 1. The van der Waals surface area contributed by atoms with Crippen LogP contribution in [0.5, 0.6) is 17.2 Å². The van der Waals surface area contributed by atoms with Gasteiger partial charge >= 0.3 is 5.97 Å². The molecule has 0 aliphatic rings. The van der Waals surface area contributed by atoms with Crippen molar-refractivity contribution in [2.45, 2.75) is 39.5 Å². The van der Waals surface area contributed by atoms with Gasteiger partial charge in [-0.1, -0.05) is 55.3 Å². The smallest absolute Gasteiger partial charge is 0.307 e. The predicted octanol–water partition coefficient (Wildman–Crippen LogP) is 7.01. The zero-order valence-electron chi connectivity index (χ0n) is 19.8. The first kappa shape index (κ1) is 25.4. The summed E-state index contributed by atoms with van der Waals surface area (Å²) in [7, 11) is 0. The summed E-state index contributed by atoms with van der Waals surface area (Å²) in [6.45, 7) is 6.49. The van der Waals surface area contributed by atoms with Gasteiger partial charge in [-0.2, -0.15) is 0 Å². The van der Waals surface area contributed by atoms with E-state index in [1.807, 2.05) is 66.7 Å². The van der Waals surface area contributed by atoms with Crippen molar-refractivity contribution in [3.05, 3.63) is 82.9 Å². The molecule has 3 rings (SSSR count). The quantitative estimate of drug-likeness (QED) is 0.266. The molecule has 0 spiro atoms. The first-order valence-corrected chi connectivity index (χ1v) is 12.1. The first-order valence-electron chi connectivity index (χ1n) is 11.7. The fraction of sp³-hybridized carbons (Fsp3) is 0.321. The fourth-order valence-electron chi connectivity index (χ4n) is 3.80. The number of carboxylic acid groups (broad SMARTS) is 1. The summed E-state index contributed by atoms with van der Waals surface area (Å²) < 4.78 is 12.1. The third-order valence-corrected chi connectivity index (χ3v) is 5.92. The molecule has 0 atom stereocenters. The van der Waals surface area contributed by atoms with Crippen LogP contribution in [0.3, 0.4) is 0 Å². The van der Waals surface area contributed by atoms with Gasteiger partial charge in [0.2, 0.25) is 0 Å². The van der Waals surface area contributed by atoms with Crippen molar-refractivity contribution in [2.75, 3.05) is 24.6 Å². The number of halogens is 1. The molecule has 0 heterocycles. The molecular weight excluding hydrogens is 450 g/mol. The molecule has 0 saturated carbocycles. The molecule has 0 radical (unpaired) electrons. The highest BCUT2D eigenvalue weighted by Gasteiger charge is 2.14. The number of benzene rings is 3. The summed E-state index contributed by atoms with van der Waals surface area (Å²) in [6, 6.07) is 21.1.